The van der Waals surface area contributed by atoms with Crippen molar-refractivity contribution in [1.82, 2.24) is 0 Å². The highest BCUT2D eigenvalue weighted by atomic mass is 31.2. The van der Waals surface area contributed by atoms with Gasteiger partial charge in [0.15, 0.2) is 6.10 Å². The molecule has 0 fully saturated rings. The van der Waals surface area contributed by atoms with Gasteiger partial charge in [-0.05, 0) is 77.0 Å². The number of phosphoric acid groups is 1. The molecule has 0 aliphatic rings. The van der Waals surface area contributed by atoms with E-state index in [2.05, 4.69) is 91.3 Å². The third-order valence-electron chi connectivity index (χ3n) is 7.71. The molecule has 0 heterocycles. The van der Waals surface area contributed by atoms with Crippen LogP contribution in [-0.4, -0.2) is 41.0 Å². The van der Waals surface area contributed by atoms with E-state index >= 15 is 0 Å². The van der Waals surface area contributed by atoms with Gasteiger partial charge in [-0.3, -0.25) is 14.1 Å². The summed E-state index contributed by atoms with van der Waals surface area (Å²) in [7, 11) is -4.77. The second-order valence-electron chi connectivity index (χ2n) is 12.6. The number of carbonyl (C=O) groups is 2. The summed E-state index contributed by atoms with van der Waals surface area (Å²) >= 11 is 0. The van der Waals surface area contributed by atoms with Gasteiger partial charge in [0, 0.05) is 12.8 Å². The molecule has 2 N–H and O–H groups in total. The maximum Gasteiger partial charge on any atom is 0.469 e. The van der Waals surface area contributed by atoms with Crippen molar-refractivity contribution in [2.24, 2.45) is 0 Å². The maximum atomic E-state index is 12.4. The molecule has 50 heavy (non-hydrogen) atoms. The fourth-order valence-corrected chi connectivity index (χ4v) is 5.18. The second kappa shape index (κ2) is 36.3. The Kier molecular flexibility index (Phi) is 34.5. The lowest BCUT2D eigenvalue weighted by molar-refractivity contribution is -0.161. The van der Waals surface area contributed by atoms with Crippen LogP contribution in [0.2, 0.25) is 0 Å². The number of phosphoric ester groups is 1. The van der Waals surface area contributed by atoms with Gasteiger partial charge < -0.3 is 19.3 Å². The predicted octanol–water partition coefficient (Wildman–Crippen LogP) is 11.5. The Hall–Kier alpha value is -2.51. The van der Waals surface area contributed by atoms with Gasteiger partial charge in [0.05, 0.1) is 6.61 Å². The number of allylic oxidation sites excluding steroid dienone is 12. The molecule has 0 aromatic rings. The molecule has 0 saturated heterocycles. The Morgan fingerprint density at radius 2 is 1.00 bits per heavy atom. The predicted molar refractivity (Wildman–Crippen MR) is 207 cm³/mol. The molecule has 1 atom stereocenters. The van der Waals surface area contributed by atoms with Crippen molar-refractivity contribution in [3.8, 4) is 0 Å². The van der Waals surface area contributed by atoms with Gasteiger partial charge >= 0.3 is 19.8 Å². The number of hydrogen-bond acceptors (Lipinski definition) is 6. The standard InChI is InChI=1S/C41H69O8P/c1-3-5-7-9-11-13-15-17-19-20-22-24-26-28-30-32-34-36-41(43)49-39(38-48-50(44,45)46)37-47-40(42)35-33-31-29-27-25-23-21-18-16-14-12-10-8-6-4-2/h7,9,13-16,18-21,24,26,39H,3-6,8,10-12,17,22-23,25,27-38H2,1-2H3,(H2,44,45,46)/b9-7+,15-13+,16-14+,20-19+,21-18+,26-24+/t39-/m1/s1. The summed E-state index contributed by atoms with van der Waals surface area (Å²) in [5, 5.41) is 0. The molecule has 0 bridgehead atoms. The number of unbranched alkanes of at least 4 members (excludes halogenated alkanes) is 13. The van der Waals surface area contributed by atoms with Crippen LogP contribution in [0.25, 0.3) is 0 Å². The van der Waals surface area contributed by atoms with E-state index in [1.54, 1.807) is 0 Å². The molecule has 8 nitrogen and oxygen atoms in total. The fraction of sp³-hybridized carbons (Fsp3) is 0.659. The molecular formula is C41H69O8P. The van der Waals surface area contributed by atoms with Gasteiger partial charge in [-0.25, -0.2) is 4.57 Å². The molecule has 0 amide bonds. The molecule has 0 saturated carbocycles. The van der Waals surface area contributed by atoms with Crippen LogP contribution < -0.4 is 0 Å². The number of esters is 2. The van der Waals surface area contributed by atoms with E-state index in [0.29, 0.717) is 12.8 Å². The fourth-order valence-electron chi connectivity index (χ4n) is 4.82. The summed E-state index contributed by atoms with van der Waals surface area (Å²) in [6, 6.07) is 0. The molecule has 0 rings (SSSR count). The molecule has 0 aromatic heterocycles. The van der Waals surface area contributed by atoms with E-state index in [9.17, 15) is 14.2 Å². The van der Waals surface area contributed by atoms with E-state index in [1.165, 1.54) is 32.1 Å². The Balaban J connectivity index is 4.08. The van der Waals surface area contributed by atoms with Gasteiger partial charge in [0.2, 0.25) is 0 Å². The van der Waals surface area contributed by atoms with Crippen molar-refractivity contribution in [2.75, 3.05) is 13.2 Å². The molecule has 0 unspecified atom stereocenters. The van der Waals surface area contributed by atoms with Gasteiger partial charge in [-0.1, -0.05) is 138 Å². The Morgan fingerprint density at radius 1 is 0.540 bits per heavy atom. The van der Waals surface area contributed by atoms with Crippen molar-refractivity contribution >= 4 is 19.8 Å². The first-order valence-electron chi connectivity index (χ1n) is 19.2. The van der Waals surface area contributed by atoms with E-state index in [-0.39, 0.29) is 19.4 Å². The highest BCUT2D eigenvalue weighted by Gasteiger charge is 2.22. The first-order valence-corrected chi connectivity index (χ1v) is 20.8. The average Bonchev–Trinajstić information content (AvgIpc) is 3.08. The lowest BCUT2D eigenvalue weighted by atomic mass is 10.1. The smallest absolute Gasteiger partial charge is 0.462 e. The Morgan fingerprint density at radius 3 is 1.56 bits per heavy atom. The van der Waals surface area contributed by atoms with Crippen LogP contribution >= 0.6 is 7.82 Å². The summed E-state index contributed by atoms with van der Waals surface area (Å²) in [4.78, 5) is 42.7. The number of rotatable bonds is 34. The van der Waals surface area contributed by atoms with E-state index in [1.807, 2.05) is 0 Å². The molecular weight excluding hydrogens is 651 g/mol. The third kappa shape index (κ3) is 38.3. The number of carbonyl (C=O) groups excluding carboxylic acids is 2. The van der Waals surface area contributed by atoms with Crippen molar-refractivity contribution in [3.05, 3.63) is 72.9 Å². The van der Waals surface area contributed by atoms with Crippen LogP contribution in [0.15, 0.2) is 72.9 Å². The quantitative estimate of drug-likeness (QED) is 0.0222. The molecule has 286 valence electrons. The zero-order valence-corrected chi connectivity index (χ0v) is 32.2. The minimum Gasteiger partial charge on any atom is -0.462 e. The largest absolute Gasteiger partial charge is 0.469 e. The molecule has 0 aliphatic heterocycles. The van der Waals surface area contributed by atoms with Crippen molar-refractivity contribution in [1.29, 1.82) is 0 Å². The van der Waals surface area contributed by atoms with Gasteiger partial charge in [-0.2, -0.15) is 0 Å². The summed E-state index contributed by atoms with van der Waals surface area (Å²) in [6.45, 7) is 3.54. The minimum absolute atomic E-state index is 0.167. The zero-order valence-electron chi connectivity index (χ0n) is 31.3. The average molecular weight is 721 g/mol. The summed E-state index contributed by atoms with van der Waals surface area (Å²) in [6.07, 6.45) is 46.1. The highest BCUT2D eigenvalue weighted by molar-refractivity contribution is 7.46. The highest BCUT2D eigenvalue weighted by Crippen LogP contribution is 2.36. The van der Waals surface area contributed by atoms with Gasteiger partial charge in [0.25, 0.3) is 0 Å². The Labute approximate surface area is 304 Å². The van der Waals surface area contributed by atoms with E-state index in [0.717, 1.165) is 83.5 Å². The number of hydrogen-bond donors (Lipinski definition) is 2. The molecule has 0 radical (unpaired) electrons. The van der Waals surface area contributed by atoms with Crippen LogP contribution in [0, 0.1) is 0 Å². The van der Waals surface area contributed by atoms with Crippen LogP contribution in [-0.2, 0) is 28.2 Å². The summed E-state index contributed by atoms with van der Waals surface area (Å²) < 4.78 is 26.3. The SMILES string of the molecule is CCC/C=C/C/C=C/C/C=C/C/C=C/CCCCCC(=O)O[C@H](COC(=O)CCCCCCC/C=C/C=C/CCCCCC)COP(=O)(O)O. The lowest BCUT2D eigenvalue weighted by Crippen LogP contribution is -2.29. The monoisotopic (exact) mass is 720 g/mol. The molecule has 0 spiro atoms. The van der Waals surface area contributed by atoms with Crippen molar-refractivity contribution in [2.45, 2.75) is 161 Å². The minimum atomic E-state index is -4.77. The zero-order chi connectivity index (χ0) is 36.8. The first kappa shape index (κ1) is 47.5. The van der Waals surface area contributed by atoms with Crippen LogP contribution in [0.1, 0.15) is 155 Å². The van der Waals surface area contributed by atoms with E-state index in [4.69, 9.17) is 19.3 Å². The van der Waals surface area contributed by atoms with Crippen molar-refractivity contribution < 1.29 is 37.9 Å². The number of ether oxygens (including phenoxy) is 2. The molecule has 9 heteroatoms. The van der Waals surface area contributed by atoms with Gasteiger partial charge in [0.1, 0.15) is 6.61 Å². The van der Waals surface area contributed by atoms with Crippen molar-refractivity contribution in [3.63, 3.8) is 0 Å². The first-order chi connectivity index (χ1) is 24.3. The topological polar surface area (TPSA) is 119 Å². The molecule has 0 aliphatic carbocycles. The van der Waals surface area contributed by atoms with Crippen LogP contribution in [0.3, 0.4) is 0 Å². The van der Waals surface area contributed by atoms with E-state index < -0.39 is 32.5 Å². The summed E-state index contributed by atoms with van der Waals surface area (Å²) in [5.74, 6) is -0.946. The Bertz CT molecular complexity index is 1040. The van der Waals surface area contributed by atoms with Crippen LogP contribution in [0.4, 0.5) is 0 Å². The second-order valence-corrected chi connectivity index (χ2v) is 13.8. The summed E-state index contributed by atoms with van der Waals surface area (Å²) in [5.41, 5.74) is 0. The van der Waals surface area contributed by atoms with Crippen LogP contribution in [0.5, 0.6) is 0 Å². The maximum absolute atomic E-state index is 12.4. The normalized spacial score (nSPS) is 13.3. The molecule has 0 aromatic carbocycles. The lowest BCUT2D eigenvalue weighted by Gasteiger charge is -2.18. The van der Waals surface area contributed by atoms with Gasteiger partial charge in [-0.15, -0.1) is 0 Å². The third-order valence-corrected chi connectivity index (χ3v) is 8.19.